The highest BCUT2D eigenvalue weighted by molar-refractivity contribution is 5.89. The van der Waals surface area contributed by atoms with Crippen molar-refractivity contribution in [1.82, 2.24) is 4.90 Å². The molecule has 0 bridgehead atoms. The smallest absolute Gasteiger partial charge is 0.324 e. The lowest BCUT2D eigenvalue weighted by molar-refractivity contribution is -0.149. The normalized spacial score (nSPS) is 14.7. The van der Waals surface area contributed by atoms with Crippen LogP contribution in [-0.4, -0.2) is 47.1 Å². The highest BCUT2D eigenvalue weighted by Gasteiger charge is 2.44. The van der Waals surface area contributed by atoms with Crippen LogP contribution in [0.1, 0.15) is 104 Å². The molecular formula is C23H47N3O3. The molecule has 6 nitrogen and oxygen atoms in total. The van der Waals surface area contributed by atoms with E-state index in [-0.39, 0.29) is 0 Å². The van der Waals surface area contributed by atoms with Gasteiger partial charge in [0.25, 0.3) is 0 Å². The van der Waals surface area contributed by atoms with Crippen LogP contribution >= 0.6 is 0 Å². The monoisotopic (exact) mass is 413 g/mol. The van der Waals surface area contributed by atoms with Crippen molar-refractivity contribution in [2.45, 2.75) is 110 Å². The summed E-state index contributed by atoms with van der Waals surface area (Å²) in [6, 6.07) is 0. The van der Waals surface area contributed by atoms with Gasteiger partial charge in [0.15, 0.2) is 0 Å². The van der Waals surface area contributed by atoms with Crippen molar-refractivity contribution in [3.8, 4) is 0 Å². The zero-order valence-electron chi connectivity index (χ0n) is 19.3. The van der Waals surface area contributed by atoms with E-state index in [1.54, 1.807) is 0 Å². The van der Waals surface area contributed by atoms with Gasteiger partial charge in [0.05, 0.1) is 5.92 Å². The highest BCUT2D eigenvalue weighted by Crippen LogP contribution is 2.27. The number of amides is 1. The Labute approximate surface area is 178 Å². The number of nitrogens with two attached hydrogens (primary N) is 2. The molecule has 0 rings (SSSR count). The number of nitrogens with zero attached hydrogens (tertiary/aromatic N) is 1. The molecule has 0 fully saturated rings. The molecule has 0 aromatic carbocycles. The number of carbonyl (C=O) groups is 2. The van der Waals surface area contributed by atoms with Crippen LogP contribution in [0.15, 0.2) is 0 Å². The highest BCUT2D eigenvalue weighted by atomic mass is 16.4. The Hall–Kier alpha value is -1.14. The van der Waals surface area contributed by atoms with E-state index in [4.69, 9.17) is 11.5 Å². The summed E-state index contributed by atoms with van der Waals surface area (Å²) in [6.07, 6.45) is 13.1. The van der Waals surface area contributed by atoms with Gasteiger partial charge in [0, 0.05) is 0 Å². The number of hydrogen-bond acceptors (Lipinski definition) is 4. The zero-order valence-corrected chi connectivity index (χ0v) is 19.3. The lowest BCUT2D eigenvalue weighted by atomic mass is 9.77. The Balaban J connectivity index is 4.41. The summed E-state index contributed by atoms with van der Waals surface area (Å²) in [7, 11) is 0. The quantitative estimate of drug-likeness (QED) is 0.258. The van der Waals surface area contributed by atoms with Crippen molar-refractivity contribution in [2.75, 3.05) is 19.6 Å². The van der Waals surface area contributed by atoms with Gasteiger partial charge in [-0.2, -0.15) is 0 Å². The third-order valence-corrected chi connectivity index (χ3v) is 6.17. The predicted molar refractivity (Wildman–Crippen MR) is 121 cm³/mol. The molecule has 0 aliphatic heterocycles. The lowest BCUT2D eigenvalue weighted by Gasteiger charge is -2.32. The van der Waals surface area contributed by atoms with Crippen LogP contribution in [-0.2, 0) is 9.59 Å². The standard InChI is InChI=1S/C23H47N3O3/c1-4-7-8-9-10-11-12-13-14-15-18-23(25,22(28)29)20(21(24)27)17-16-19-26(5-2)6-3/h20H,4-19,25H2,1-3H3,(H2,24,27)(H,28,29). The zero-order chi connectivity index (χ0) is 22.1. The van der Waals surface area contributed by atoms with Crippen LogP contribution in [0.25, 0.3) is 0 Å². The average Bonchev–Trinajstić information content (AvgIpc) is 2.69. The van der Waals surface area contributed by atoms with Crippen LogP contribution in [0.3, 0.4) is 0 Å². The Morgan fingerprint density at radius 1 is 0.862 bits per heavy atom. The van der Waals surface area contributed by atoms with Crippen LogP contribution in [0.5, 0.6) is 0 Å². The van der Waals surface area contributed by atoms with Gasteiger partial charge in [-0.25, -0.2) is 0 Å². The van der Waals surface area contributed by atoms with Gasteiger partial charge in [-0.1, -0.05) is 85.0 Å². The molecule has 0 aromatic heterocycles. The van der Waals surface area contributed by atoms with E-state index in [0.717, 1.165) is 45.3 Å². The number of carbonyl (C=O) groups excluding carboxylic acids is 1. The number of rotatable bonds is 20. The van der Waals surface area contributed by atoms with Crippen molar-refractivity contribution >= 4 is 11.9 Å². The molecule has 6 heteroatoms. The van der Waals surface area contributed by atoms with Crippen LogP contribution < -0.4 is 11.5 Å². The maximum atomic E-state index is 12.0. The summed E-state index contributed by atoms with van der Waals surface area (Å²) < 4.78 is 0. The number of aliphatic carboxylic acids is 1. The van der Waals surface area contributed by atoms with Gasteiger partial charge in [-0.05, 0) is 38.9 Å². The summed E-state index contributed by atoms with van der Waals surface area (Å²) in [5.41, 5.74) is 10.3. The molecule has 0 aliphatic carbocycles. The molecule has 0 saturated heterocycles. The Kier molecular flexibility index (Phi) is 16.0. The van der Waals surface area contributed by atoms with E-state index in [1.165, 1.54) is 44.9 Å². The molecule has 0 aliphatic rings. The maximum Gasteiger partial charge on any atom is 0.324 e. The lowest BCUT2D eigenvalue weighted by Crippen LogP contribution is -2.58. The molecule has 0 radical (unpaired) electrons. The molecule has 172 valence electrons. The van der Waals surface area contributed by atoms with Crippen LogP contribution in [0.4, 0.5) is 0 Å². The van der Waals surface area contributed by atoms with Crippen molar-refractivity contribution in [1.29, 1.82) is 0 Å². The summed E-state index contributed by atoms with van der Waals surface area (Å²) >= 11 is 0. The van der Waals surface area contributed by atoms with Crippen LogP contribution in [0, 0.1) is 5.92 Å². The molecular weight excluding hydrogens is 366 g/mol. The molecule has 29 heavy (non-hydrogen) atoms. The van der Waals surface area contributed by atoms with Gasteiger partial charge < -0.3 is 21.5 Å². The second-order valence-corrected chi connectivity index (χ2v) is 8.40. The first kappa shape index (κ1) is 27.9. The second kappa shape index (κ2) is 16.6. The molecule has 1 amide bonds. The van der Waals surface area contributed by atoms with Gasteiger partial charge in [-0.15, -0.1) is 0 Å². The summed E-state index contributed by atoms with van der Waals surface area (Å²) in [4.78, 5) is 26.2. The average molecular weight is 414 g/mol. The minimum atomic E-state index is -1.56. The molecule has 0 saturated carbocycles. The van der Waals surface area contributed by atoms with Gasteiger partial charge >= 0.3 is 5.97 Å². The topological polar surface area (TPSA) is 110 Å². The number of unbranched alkanes of at least 4 members (excludes halogenated alkanes) is 9. The first-order valence-electron chi connectivity index (χ1n) is 11.9. The fourth-order valence-corrected chi connectivity index (χ4v) is 4.05. The van der Waals surface area contributed by atoms with Gasteiger partial charge in [0.1, 0.15) is 5.54 Å². The minimum Gasteiger partial charge on any atom is -0.480 e. The van der Waals surface area contributed by atoms with Crippen molar-refractivity contribution in [3.05, 3.63) is 0 Å². The third-order valence-electron chi connectivity index (χ3n) is 6.17. The molecule has 2 unspecified atom stereocenters. The fourth-order valence-electron chi connectivity index (χ4n) is 4.05. The fraction of sp³-hybridized carbons (Fsp3) is 0.913. The van der Waals surface area contributed by atoms with Crippen LogP contribution in [0.2, 0.25) is 0 Å². The largest absolute Gasteiger partial charge is 0.480 e. The van der Waals surface area contributed by atoms with Gasteiger partial charge in [0.2, 0.25) is 5.91 Å². The molecule has 2 atom stereocenters. The first-order valence-corrected chi connectivity index (χ1v) is 11.9. The SMILES string of the molecule is CCCCCCCCCCCCC(N)(C(=O)O)C(CCCN(CC)CC)C(N)=O. The third kappa shape index (κ3) is 11.6. The number of carboxylic acids is 1. The Morgan fingerprint density at radius 2 is 1.34 bits per heavy atom. The number of hydrogen-bond donors (Lipinski definition) is 3. The Bertz CT molecular complexity index is 441. The molecule has 0 spiro atoms. The minimum absolute atomic E-state index is 0.303. The number of carboxylic acid groups (broad SMARTS) is 1. The van der Waals surface area contributed by atoms with Crippen molar-refractivity contribution in [2.24, 2.45) is 17.4 Å². The Morgan fingerprint density at radius 3 is 1.76 bits per heavy atom. The molecule has 0 heterocycles. The number of primary amides is 1. The molecule has 5 N–H and O–H groups in total. The summed E-state index contributed by atoms with van der Waals surface area (Å²) in [6.45, 7) is 9.09. The van der Waals surface area contributed by atoms with Crippen molar-refractivity contribution in [3.63, 3.8) is 0 Å². The van der Waals surface area contributed by atoms with E-state index in [0.29, 0.717) is 12.8 Å². The summed E-state index contributed by atoms with van der Waals surface area (Å²) in [5.74, 6) is -2.53. The van der Waals surface area contributed by atoms with E-state index in [9.17, 15) is 14.7 Å². The van der Waals surface area contributed by atoms with E-state index in [1.807, 2.05) is 0 Å². The van der Waals surface area contributed by atoms with Crippen molar-refractivity contribution < 1.29 is 14.7 Å². The predicted octanol–water partition coefficient (Wildman–Crippen LogP) is 4.30. The summed E-state index contributed by atoms with van der Waals surface area (Å²) in [5, 5.41) is 9.75. The van der Waals surface area contributed by atoms with E-state index < -0.39 is 23.3 Å². The molecule has 0 aromatic rings. The van der Waals surface area contributed by atoms with Gasteiger partial charge in [-0.3, -0.25) is 9.59 Å². The first-order chi connectivity index (χ1) is 13.8. The maximum absolute atomic E-state index is 12.0. The second-order valence-electron chi connectivity index (χ2n) is 8.40. The van der Waals surface area contributed by atoms with E-state index in [2.05, 4.69) is 25.7 Å². The van der Waals surface area contributed by atoms with E-state index >= 15 is 0 Å².